The summed E-state index contributed by atoms with van der Waals surface area (Å²) in [6.45, 7) is 2.12. The van der Waals surface area contributed by atoms with Gasteiger partial charge in [0.1, 0.15) is 0 Å². The molecule has 0 fully saturated rings. The summed E-state index contributed by atoms with van der Waals surface area (Å²) in [7, 11) is 0. The molecule has 3 rings (SSSR count). The number of halogens is 3. The average Bonchev–Trinajstić information content (AvgIpc) is 2.89. The van der Waals surface area contributed by atoms with Crippen LogP contribution < -0.4 is 0 Å². The molecule has 1 aliphatic carbocycles. The fourth-order valence-corrected chi connectivity index (χ4v) is 2.75. The molecule has 0 N–H and O–H groups in total. The van der Waals surface area contributed by atoms with Gasteiger partial charge in [-0.1, -0.05) is 48.9 Å². The van der Waals surface area contributed by atoms with Gasteiger partial charge >= 0.3 is 6.18 Å². The first-order valence-electron chi connectivity index (χ1n) is 6.98. The maximum atomic E-state index is 12.6. The molecule has 4 heteroatoms. The van der Waals surface area contributed by atoms with E-state index in [1.165, 1.54) is 11.1 Å². The summed E-state index contributed by atoms with van der Waals surface area (Å²) < 4.78 is 37.9. The first kappa shape index (κ1) is 17.2. The third-order valence-electron chi connectivity index (χ3n) is 3.94. The van der Waals surface area contributed by atoms with E-state index in [4.69, 9.17) is 0 Å². The van der Waals surface area contributed by atoms with Gasteiger partial charge in [0.15, 0.2) is 0 Å². The van der Waals surface area contributed by atoms with E-state index < -0.39 is 11.7 Å². The van der Waals surface area contributed by atoms with E-state index in [-0.39, 0.29) is 26.2 Å². The van der Waals surface area contributed by atoms with Crippen LogP contribution in [0.25, 0.3) is 17.2 Å². The molecule has 22 heavy (non-hydrogen) atoms. The Morgan fingerprint density at radius 3 is 2.27 bits per heavy atom. The summed E-state index contributed by atoms with van der Waals surface area (Å²) in [4.78, 5) is 0. The van der Waals surface area contributed by atoms with Crippen molar-refractivity contribution in [3.8, 4) is 11.1 Å². The topological polar surface area (TPSA) is 0 Å². The molecule has 0 unspecified atom stereocenters. The molecule has 0 radical (unpaired) electrons. The molecule has 112 valence electrons. The van der Waals surface area contributed by atoms with E-state index >= 15 is 0 Å². The van der Waals surface area contributed by atoms with Gasteiger partial charge in [0.25, 0.3) is 0 Å². The van der Waals surface area contributed by atoms with E-state index in [1.54, 1.807) is 12.1 Å². The maximum Gasteiger partial charge on any atom is 0.416 e. The van der Waals surface area contributed by atoms with E-state index in [0.29, 0.717) is 0 Å². The minimum Gasteiger partial charge on any atom is -0.166 e. The molecule has 0 saturated carbocycles. The summed E-state index contributed by atoms with van der Waals surface area (Å²) in [6, 6.07) is 11.4. The summed E-state index contributed by atoms with van der Waals surface area (Å²) in [5.41, 5.74) is 4.99. The minimum atomic E-state index is -4.29. The zero-order valence-electron chi connectivity index (χ0n) is 12.2. The normalized spacial score (nSPS) is 13.4. The summed E-state index contributed by atoms with van der Waals surface area (Å²) in [6.07, 6.45) is -0.170. The van der Waals surface area contributed by atoms with Crippen molar-refractivity contribution in [1.82, 2.24) is 0 Å². The number of hydrogen-bond donors (Lipinski definition) is 0. The Morgan fingerprint density at radius 1 is 1.00 bits per heavy atom. The predicted octanol–water partition coefficient (Wildman–Crippen LogP) is 5.72. The van der Waals surface area contributed by atoms with Crippen molar-refractivity contribution >= 4 is 6.08 Å². The second-order valence-electron chi connectivity index (χ2n) is 5.29. The Hall–Kier alpha value is -1.15. The van der Waals surface area contributed by atoms with Gasteiger partial charge in [-0.15, -0.1) is 0 Å². The molecule has 0 aromatic heterocycles. The Bertz CT molecular complexity index is 697. The average molecular weight is 380 g/mol. The van der Waals surface area contributed by atoms with Gasteiger partial charge in [-0.05, 0) is 47.2 Å². The third kappa shape index (κ3) is 3.27. The largest absolute Gasteiger partial charge is 0.416 e. The molecule has 0 spiro atoms. The minimum absolute atomic E-state index is 0. The Labute approximate surface area is 147 Å². The fraction of sp³-hybridized carbons (Fsp3) is 0.222. The predicted molar refractivity (Wildman–Crippen MR) is 78.9 cm³/mol. The van der Waals surface area contributed by atoms with Crippen LogP contribution in [-0.2, 0) is 38.8 Å². The Balaban J connectivity index is 0.00000176. The molecule has 0 atom stereocenters. The van der Waals surface area contributed by atoms with Gasteiger partial charge in [0, 0.05) is 26.2 Å². The molecular formula is C18H15F3Zr. The van der Waals surface area contributed by atoms with E-state index in [9.17, 15) is 13.2 Å². The SMILES string of the molecule is CCC1=Cc2c(cccc2-c2ccc(C(F)(F)F)cc2)C1.[Zr]. The summed E-state index contributed by atoms with van der Waals surface area (Å²) >= 11 is 0. The first-order valence-corrected chi connectivity index (χ1v) is 6.98. The van der Waals surface area contributed by atoms with Crippen molar-refractivity contribution in [2.24, 2.45) is 0 Å². The molecular weight excluding hydrogens is 364 g/mol. The van der Waals surface area contributed by atoms with Crippen molar-refractivity contribution < 1.29 is 39.4 Å². The van der Waals surface area contributed by atoms with Crippen LogP contribution in [0.3, 0.4) is 0 Å². The number of fused-ring (bicyclic) bond motifs is 1. The summed E-state index contributed by atoms with van der Waals surface area (Å²) in [5, 5.41) is 0. The fourth-order valence-electron chi connectivity index (χ4n) is 2.75. The van der Waals surface area contributed by atoms with Crippen LogP contribution in [0.5, 0.6) is 0 Å². The molecule has 0 nitrogen and oxygen atoms in total. The monoisotopic (exact) mass is 378 g/mol. The number of allylic oxidation sites excluding steroid dienone is 1. The van der Waals surface area contributed by atoms with Crippen LogP contribution in [0.4, 0.5) is 13.2 Å². The van der Waals surface area contributed by atoms with Crippen LogP contribution in [0, 0.1) is 0 Å². The van der Waals surface area contributed by atoms with Gasteiger partial charge in [-0.2, -0.15) is 13.2 Å². The number of hydrogen-bond acceptors (Lipinski definition) is 0. The van der Waals surface area contributed by atoms with Crippen molar-refractivity contribution in [2.75, 3.05) is 0 Å². The molecule has 0 bridgehead atoms. The molecule has 2 aromatic rings. The van der Waals surface area contributed by atoms with Crippen LogP contribution in [0.2, 0.25) is 0 Å². The first-order chi connectivity index (χ1) is 9.99. The Kier molecular flexibility index (Phi) is 5.11. The molecule has 2 aromatic carbocycles. The number of rotatable bonds is 2. The standard InChI is InChI=1S/C18H15F3.Zr/c1-2-12-10-14-4-3-5-16(17(14)11-12)13-6-8-15(9-7-13)18(19,20)21;/h3-9,11H,2,10H2,1H3;. The number of alkyl halides is 3. The van der Waals surface area contributed by atoms with Crippen LogP contribution >= 0.6 is 0 Å². The molecule has 0 heterocycles. The number of benzene rings is 2. The zero-order chi connectivity index (χ0) is 15.0. The quantitative estimate of drug-likeness (QED) is 0.626. The molecule has 0 aliphatic heterocycles. The van der Waals surface area contributed by atoms with Gasteiger partial charge < -0.3 is 0 Å². The van der Waals surface area contributed by atoms with Crippen LogP contribution in [0.15, 0.2) is 48.0 Å². The molecule has 1 aliphatic rings. The van der Waals surface area contributed by atoms with Crippen molar-refractivity contribution in [1.29, 1.82) is 0 Å². The van der Waals surface area contributed by atoms with E-state index in [2.05, 4.69) is 19.1 Å². The van der Waals surface area contributed by atoms with Gasteiger partial charge in [-0.25, -0.2) is 0 Å². The summed E-state index contributed by atoms with van der Waals surface area (Å²) in [5.74, 6) is 0. The zero-order valence-corrected chi connectivity index (χ0v) is 14.6. The Morgan fingerprint density at radius 2 is 1.68 bits per heavy atom. The molecule has 0 saturated heterocycles. The van der Waals surface area contributed by atoms with Crippen molar-refractivity contribution in [3.63, 3.8) is 0 Å². The third-order valence-corrected chi connectivity index (χ3v) is 3.94. The van der Waals surface area contributed by atoms with Crippen LogP contribution in [0.1, 0.15) is 30.0 Å². The second kappa shape index (κ2) is 6.54. The van der Waals surface area contributed by atoms with E-state index in [0.717, 1.165) is 41.7 Å². The maximum absolute atomic E-state index is 12.6. The molecule has 0 amide bonds. The van der Waals surface area contributed by atoms with Crippen molar-refractivity contribution in [3.05, 3.63) is 64.7 Å². The van der Waals surface area contributed by atoms with Crippen LogP contribution in [-0.4, -0.2) is 0 Å². The van der Waals surface area contributed by atoms with E-state index in [1.807, 2.05) is 12.1 Å². The van der Waals surface area contributed by atoms with Gasteiger partial charge in [0.2, 0.25) is 0 Å². The van der Waals surface area contributed by atoms with Gasteiger partial charge in [0.05, 0.1) is 5.56 Å². The smallest absolute Gasteiger partial charge is 0.166 e. The van der Waals surface area contributed by atoms with Gasteiger partial charge in [-0.3, -0.25) is 0 Å². The van der Waals surface area contributed by atoms with Crippen molar-refractivity contribution in [2.45, 2.75) is 25.9 Å². The second-order valence-corrected chi connectivity index (χ2v) is 5.29.